The predicted octanol–water partition coefficient (Wildman–Crippen LogP) is 2.04. The highest BCUT2D eigenvalue weighted by Crippen LogP contribution is 2.24. The van der Waals surface area contributed by atoms with Crippen LogP contribution in [0.5, 0.6) is 0 Å². The van der Waals surface area contributed by atoms with E-state index < -0.39 is 30.9 Å². The lowest BCUT2D eigenvalue weighted by atomic mass is 10.1. The summed E-state index contributed by atoms with van der Waals surface area (Å²) in [7, 11) is 0. The van der Waals surface area contributed by atoms with Crippen LogP contribution in [0.3, 0.4) is 0 Å². The molecule has 2 aromatic heterocycles. The van der Waals surface area contributed by atoms with Crippen molar-refractivity contribution in [1.82, 2.24) is 24.8 Å². The third-order valence-electron chi connectivity index (χ3n) is 5.71. The van der Waals surface area contributed by atoms with Crippen LogP contribution in [0.25, 0.3) is 22.5 Å². The molecule has 3 amide bonds. The van der Waals surface area contributed by atoms with Crippen molar-refractivity contribution in [2.45, 2.75) is 25.2 Å². The van der Waals surface area contributed by atoms with E-state index >= 15 is 0 Å². The molecule has 0 aliphatic carbocycles. The van der Waals surface area contributed by atoms with Crippen molar-refractivity contribution >= 4 is 35.1 Å². The molecule has 4 rings (SSSR count). The van der Waals surface area contributed by atoms with Crippen molar-refractivity contribution in [1.29, 1.82) is 0 Å². The second-order valence-electron chi connectivity index (χ2n) is 8.63. The first-order valence-electron chi connectivity index (χ1n) is 11.5. The number of imidazole rings is 1. The molecular weight excluding hydrogens is 505 g/mol. The van der Waals surface area contributed by atoms with Crippen LogP contribution in [-0.4, -0.2) is 80.7 Å². The number of alkyl halides is 3. The lowest BCUT2D eigenvalue weighted by Gasteiger charge is -2.36. The zero-order valence-electron chi connectivity index (χ0n) is 20.2. The number of urea groups is 1. The van der Waals surface area contributed by atoms with Gasteiger partial charge >= 0.3 is 12.2 Å². The smallest absolute Gasteiger partial charge is 0.404 e. The fourth-order valence-electron chi connectivity index (χ4n) is 3.71. The van der Waals surface area contributed by atoms with Crippen molar-refractivity contribution in [3.63, 3.8) is 0 Å². The van der Waals surface area contributed by atoms with E-state index in [4.69, 9.17) is 5.73 Å². The number of likely N-dealkylation sites (tertiary alicyclic amines) is 1. The maximum atomic E-state index is 12.3. The number of nitrogens with two attached hydrogens (primary N) is 1. The van der Waals surface area contributed by atoms with Crippen LogP contribution in [-0.2, 0) is 4.79 Å². The molecule has 14 heteroatoms. The van der Waals surface area contributed by atoms with E-state index in [1.54, 1.807) is 59.5 Å². The fraction of sp³-hybridized carbons (Fsp3) is 0.292. The molecule has 1 saturated heterocycles. The molecule has 1 aliphatic rings. The van der Waals surface area contributed by atoms with E-state index in [1.807, 2.05) is 0 Å². The summed E-state index contributed by atoms with van der Waals surface area (Å²) < 4.78 is 38.5. The highest BCUT2D eigenvalue weighted by molar-refractivity contribution is 6.10. The third-order valence-corrected chi connectivity index (χ3v) is 5.71. The number of β-amino-alcohol motifs (C(OH)–C–C–N with tert-alkyl or cyclic N) is 1. The Morgan fingerprint density at radius 3 is 2.74 bits per heavy atom. The number of carbonyl (C=O) groups is 2. The number of aromatic nitrogens is 3. The Hall–Kier alpha value is -4.46. The number of rotatable bonds is 7. The van der Waals surface area contributed by atoms with Crippen LogP contribution in [0.15, 0.2) is 53.9 Å². The number of allylic oxidation sites excluding steroid dienone is 1. The Labute approximate surface area is 214 Å². The van der Waals surface area contributed by atoms with Crippen LogP contribution in [0, 0.1) is 0 Å². The number of anilines is 1. The summed E-state index contributed by atoms with van der Waals surface area (Å²) in [4.78, 5) is 34.3. The number of amides is 3. The number of nitrogens with one attached hydrogen (secondary N) is 2. The zero-order valence-corrected chi connectivity index (χ0v) is 20.2. The minimum atomic E-state index is -4.51. The highest BCUT2D eigenvalue weighted by Gasteiger charge is 2.31. The fourth-order valence-corrected chi connectivity index (χ4v) is 3.71. The quantitative estimate of drug-likeness (QED) is 0.344. The SMILES string of the molecule is CC(N=CC(=CN)c1cnn2c(-c3cccc(NC(=O)NCC(F)(F)F)c3)cnc2c1)C(=O)N1CC(O)C1. The van der Waals surface area contributed by atoms with Crippen molar-refractivity contribution in [3.8, 4) is 11.3 Å². The number of aliphatic imine (C=N–C) groups is 1. The molecule has 0 radical (unpaired) electrons. The molecule has 0 bridgehead atoms. The van der Waals surface area contributed by atoms with Gasteiger partial charge in [0.25, 0.3) is 0 Å². The van der Waals surface area contributed by atoms with Gasteiger partial charge in [0.2, 0.25) is 5.91 Å². The second-order valence-corrected chi connectivity index (χ2v) is 8.63. The van der Waals surface area contributed by atoms with Crippen molar-refractivity contribution in [3.05, 3.63) is 54.5 Å². The van der Waals surface area contributed by atoms with Crippen LogP contribution >= 0.6 is 0 Å². The number of carbonyl (C=O) groups excluding carboxylic acids is 2. The van der Waals surface area contributed by atoms with E-state index in [1.165, 1.54) is 17.3 Å². The molecule has 1 unspecified atom stereocenters. The number of aliphatic hydroxyl groups is 1. The second kappa shape index (κ2) is 10.9. The Morgan fingerprint density at radius 1 is 1.29 bits per heavy atom. The number of fused-ring (bicyclic) bond motifs is 1. The molecule has 1 atom stereocenters. The number of halogens is 3. The topological polar surface area (TPSA) is 150 Å². The molecule has 1 fully saturated rings. The van der Waals surface area contributed by atoms with Gasteiger partial charge in [0.05, 0.1) is 24.2 Å². The van der Waals surface area contributed by atoms with Crippen LogP contribution in [0.4, 0.5) is 23.7 Å². The minimum absolute atomic E-state index is 0.191. The number of aliphatic hydroxyl groups excluding tert-OH is 1. The summed E-state index contributed by atoms with van der Waals surface area (Å²) in [6.07, 6.45) is 0.928. The average molecular weight is 531 g/mol. The molecule has 0 spiro atoms. The lowest BCUT2D eigenvalue weighted by molar-refractivity contribution is -0.142. The Bertz CT molecular complexity index is 1400. The lowest BCUT2D eigenvalue weighted by Crippen LogP contribution is -2.55. The Kier molecular flexibility index (Phi) is 7.62. The number of hydrogen-bond donors (Lipinski definition) is 4. The summed E-state index contributed by atoms with van der Waals surface area (Å²) in [5.74, 6) is -0.191. The van der Waals surface area contributed by atoms with Gasteiger partial charge in [-0.1, -0.05) is 12.1 Å². The van der Waals surface area contributed by atoms with Gasteiger partial charge in [-0.05, 0) is 25.1 Å². The van der Waals surface area contributed by atoms with Crippen molar-refractivity contribution in [2.75, 3.05) is 25.0 Å². The van der Waals surface area contributed by atoms with Crippen LogP contribution in [0.1, 0.15) is 12.5 Å². The minimum Gasteiger partial charge on any atom is -0.404 e. The van der Waals surface area contributed by atoms with Gasteiger partial charge in [-0.3, -0.25) is 9.79 Å². The molecule has 38 heavy (non-hydrogen) atoms. The van der Waals surface area contributed by atoms with E-state index in [-0.39, 0.29) is 11.6 Å². The first-order valence-corrected chi connectivity index (χ1v) is 11.5. The molecule has 11 nitrogen and oxygen atoms in total. The van der Waals surface area contributed by atoms with E-state index in [2.05, 4.69) is 20.4 Å². The standard InChI is InChI=1S/C24H25F3N8O3/c1-14(22(37)34-11-19(36)12-34)29-8-17(7-28)16-6-21-30-10-20(35(21)32-9-16)15-3-2-4-18(5-15)33-23(38)31-13-24(25,26)27/h2-10,14,19,36H,11-13,28H2,1H3,(H2,31,33,38). The van der Waals surface area contributed by atoms with Gasteiger partial charge < -0.3 is 26.4 Å². The molecule has 3 aromatic rings. The molecule has 1 aromatic carbocycles. The average Bonchev–Trinajstić information content (AvgIpc) is 3.28. The summed E-state index contributed by atoms with van der Waals surface area (Å²) in [6.45, 7) is 0.805. The van der Waals surface area contributed by atoms with Crippen LogP contribution in [0.2, 0.25) is 0 Å². The van der Waals surface area contributed by atoms with E-state index in [0.29, 0.717) is 41.1 Å². The number of hydrogen-bond acceptors (Lipinski definition) is 7. The first kappa shape index (κ1) is 26.6. The van der Waals surface area contributed by atoms with Crippen LogP contribution < -0.4 is 16.4 Å². The number of nitrogens with zero attached hydrogens (tertiary/aromatic N) is 5. The van der Waals surface area contributed by atoms with Gasteiger partial charge in [-0.15, -0.1) is 0 Å². The zero-order chi connectivity index (χ0) is 27.4. The predicted molar refractivity (Wildman–Crippen MR) is 134 cm³/mol. The van der Waals surface area contributed by atoms with Gasteiger partial charge in [0, 0.05) is 47.9 Å². The van der Waals surface area contributed by atoms with Gasteiger partial charge in [0.15, 0.2) is 5.65 Å². The third kappa shape index (κ3) is 6.26. The van der Waals surface area contributed by atoms with Crippen molar-refractivity contribution in [2.24, 2.45) is 10.7 Å². The van der Waals surface area contributed by atoms with E-state index in [9.17, 15) is 27.9 Å². The summed E-state index contributed by atoms with van der Waals surface area (Å²) in [5.41, 5.74) is 8.87. The number of benzene rings is 1. The van der Waals surface area contributed by atoms with Gasteiger partial charge in [-0.25, -0.2) is 14.3 Å². The van der Waals surface area contributed by atoms with Gasteiger partial charge in [0.1, 0.15) is 12.6 Å². The summed E-state index contributed by atoms with van der Waals surface area (Å²) >= 11 is 0. The Morgan fingerprint density at radius 2 is 2.05 bits per heavy atom. The molecule has 5 N–H and O–H groups in total. The summed E-state index contributed by atoms with van der Waals surface area (Å²) in [6, 6.07) is 6.60. The Balaban J connectivity index is 1.48. The highest BCUT2D eigenvalue weighted by atomic mass is 19.4. The largest absolute Gasteiger partial charge is 0.405 e. The maximum absolute atomic E-state index is 12.3. The molecular formula is C24H25F3N8O3. The van der Waals surface area contributed by atoms with Gasteiger partial charge in [-0.2, -0.15) is 18.3 Å². The normalized spacial score (nSPS) is 15.5. The molecule has 1 aliphatic heterocycles. The molecule has 200 valence electrons. The maximum Gasteiger partial charge on any atom is 0.405 e. The van der Waals surface area contributed by atoms with Crippen molar-refractivity contribution < 1.29 is 27.9 Å². The molecule has 0 saturated carbocycles. The first-order chi connectivity index (χ1) is 18.0. The monoisotopic (exact) mass is 530 g/mol. The van der Waals surface area contributed by atoms with E-state index in [0.717, 1.165) is 0 Å². The molecule has 3 heterocycles. The summed E-state index contributed by atoms with van der Waals surface area (Å²) in [5, 5.41) is 17.9.